The number of likely N-dealkylation sites (N-methyl/N-ethyl adjacent to an activating group) is 1. The van der Waals surface area contributed by atoms with Gasteiger partial charge in [0.2, 0.25) is 5.91 Å². The first-order valence-corrected chi connectivity index (χ1v) is 9.22. The minimum absolute atomic E-state index is 0.242. The summed E-state index contributed by atoms with van der Waals surface area (Å²) in [7, 11) is 3.91. The van der Waals surface area contributed by atoms with E-state index in [1.807, 2.05) is 4.90 Å². The van der Waals surface area contributed by atoms with Crippen molar-refractivity contribution in [3.63, 3.8) is 0 Å². The number of piperidine rings is 1. The Morgan fingerprint density at radius 3 is 2.52 bits per heavy atom. The van der Waals surface area contributed by atoms with Crippen LogP contribution in [-0.4, -0.2) is 74.4 Å². The summed E-state index contributed by atoms with van der Waals surface area (Å²) in [6.45, 7) is 4.15. The van der Waals surface area contributed by atoms with Gasteiger partial charge in [0.1, 0.15) is 0 Å². The lowest BCUT2D eigenvalue weighted by atomic mass is 9.85. The van der Waals surface area contributed by atoms with Crippen molar-refractivity contribution >= 4 is 5.91 Å². The molecule has 2 saturated heterocycles. The van der Waals surface area contributed by atoms with Crippen LogP contribution in [0.3, 0.4) is 0 Å². The van der Waals surface area contributed by atoms with E-state index in [-0.39, 0.29) is 5.91 Å². The highest BCUT2D eigenvalue weighted by atomic mass is 16.5. The van der Waals surface area contributed by atoms with Gasteiger partial charge in [0.05, 0.1) is 19.6 Å². The number of hydrogen-bond donors (Lipinski definition) is 0. The quantitative estimate of drug-likeness (QED) is 0.717. The van der Waals surface area contributed by atoms with Crippen LogP contribution in [0.15, 0.2) is 0 Å². The van der Waals surface area contributed by atoms with Gasteiger partial charge in [0, 0.05) is 38.4 Å². The average molecular weight is 324 g/mol. The fourth-order valence-corrected chi connectivity index (χ4v) is 4.17. The van der Waals surface area contributed by atoms with E-state index in [1.165, 1.54) is 25.7 Å². The number of hydrogen-bond acceptors (Lipinski definition) is 4. The largest absolute Gasteiger partial charge is 0.384 e. The smallest absolute Gasteiger partial charge is 0.224 e. The zero-order chi connectivity index (χ0) is 16.3. The van der Waals surface area contributed by atoms with Gasteiger partial charge in [-0.3, -0.25) is 9.69 Å². The summed E-state index contributed by atoms with van der Waals surface area (Å²) >= 11 is 0. The summed E-state index contributed by atoms with van der Waals surface area (Å²) in [6, 6.07) is 0.560. The molecule has 3 aliphatic rings. The number of rotatable bonds is 7. The topological polar surface area (TPSA) is 42.0 Å². The lowest BCUT2D eigenvalue weighted by Gasteiger charge is -2.45. The molecule has 1 saturated carbocycles. The van der Waals surface area contributed by atoms with Gasteiger partial charge in [-0.05, 0) is 51.5 Å². The molecule has 0 radical (unpaired) electrons. The Morgan fingerprint density at radius 1 is 1.13 bits per heavy atom. The molecule has 1 aliphatic carbocycles. The standard InChI is InChI=1S/C18H32N2O3/c1-19-16(14-23-13-15-3-4-15)5-7-18(19)8-10-20(11-9-18)17(21)6-12-22-2/h15-16H,3-14H2,1-2H3. The highest BCUT2D eigenvalue weighted by molar-refractivity contribution is 5.76. The van der Waals surface area contributed by atoms with Gasteiger partial charge >= 0.3 is 0 Å². The van der Waals surface area contributed by atoms with Crippen molar-refractivity contribution in [1.29, 1.82) is 0 Å². The molecule has 1 amide bonds. The van der Waals surface area contributed by atoms with Crippen LogP contribution < -0.4 is 0 Å². The normalized spacial score (nSPS) is 27.7. The summed E-state index contributed by atoms with van der Waals surface area (Å²) in [5.74, 6) is 1.09. The number of carbonyl (C=O) groups is 1. The number of ether oxygens (including phenoxy) is 2. The Balaban J connectivity index is 1.44. The van der Waals surface area contributed by atoms with Gasteiger partial charge < -0.3 is 14.4 Å². The molecule has 132 valence electrons. The van der Waals surface area contributed by atoms with Gasteiger partial charge in [-0.15, -0.1) is 0 Å². The summed E-state index contributed by atoms with van der Waals surface area (Å²) in [5, 5.41) is 0. The molecule has 5 nitrogen and oxygen atoms in total. The maximum atomic E-state index is 12.1. The van der Waals surface area contributed by atoms with Gasteiger partial charge in [-0.25, -0.2) is 0 Å². The zero-order valence-electron chi connectivity index (χ0n) is 14.8. The third-order valence-corrected chi connectivity index (χ3v) is 6.17. The Kier molecular flexibility index (Phi) is 5.60. The van der Waals surface area contributed by atoms with E-state index in [0.717, 1.165) is 45.1 Å². The molecule has 23 heavy (non-hydrogen) atoms. The Morgan fingerprint density at radius 2 is 1.87 bits per heavy atom. The van der Waals surface area contributed by atoms with Gasteiger partial charge in [-0.2, -0.15) is 0 Å². The van der Waals surface area contributed by atoms with Crippen LogP contribution in [0.25, 0.3) is 0 Å². The SMILES string of the molecule is COCCC(=O)N1CCC2(CCC(COCC3CC3)N2C)CC1. The van der Waals surface area contributed by atoms with E-state index in [9.17, 15) is 4.79 Å². The number of likely N-dealkylation sites (tertiary alicyclic amines) is 2. The molecular weight excluding hydrogens is 292 g/mol. The molecule has 5 heteroatoms. The second kappa shape index (κ2) is 7.49. The highest BCUT2D eigenvalue weighted by Gasteiger charge is 2.46. The predicted octanol–water partition coefficient (Wildman–Crippen LogP) is 1.90. The van der Waals surface area contributed by atoms with Crippen molar-refractivity contribution in [2.75, 3.05) is 47.1 Å². The van der Waals surface area contributed by atoms with E-state index in [4.69, 9.17) is 9.47 Å². The molecule has 0 N–H and O–H groups in total. The molecule has 1 unspecified atom stereocenters. The molecule has 1 atom stereocenters. The van der Waals surface area contributed by atoms with E-state index in [2.05, 4.69) is 11.9 Å². The Hall–Kier alpha value is -0.650. The van der Waals surface area contributed by atoms with E-state index >= 15 is 0 Å². The zero-order valence-corrected chi connectivity index (χ0v) is 14.8. The molecule has 0 aromatic heterocycles. The molecule has 0 bridgehead atoms. The van der Waals surface area contributed by atoms with Crippen LogP contribution >= 0.6 is 0 Å². The Bertz CT molecular complexity index is 403. The van der Waals surface area contributed by atoms with E-state index < -0.39 is 0 Å². The number of nitrogens with zero attached hydrogens (tertiary/aromatic N) is 2. The van der Waals surface area contributed by atoms with Crippen molar-refractivity contribution in [1.82, 2.24) is 9.80 Å². The van der Waals surface area contributed by atoms with Crippen molar-refractivity contribution in [2.45, 2.75) is 56.5 Å². The van der Waals surface area contributed by atoms with E-state index in [1.54, 1.807) is 7.11 Å². The predicted molar refractivity (Wildman–Crippen MR) is 89.4 cm³/mol. The summed E-state index contributed by atoms with van der Waals surface area (Å²) < 4.78 is 10.9. The number of methoxy groups -OCH3 is 1. The van der Waals surface area contributed by atoms with Crippen LogP contribution in [0.2, 0.25) is 0 Å². The molecule has 3 rings (SSSR count). The summed E-state index contributed by atoms with van der Waals surface area (Å²) in [5.41, 5.74) is 0.297. The van der Waals surface area contributed by atoms with Gasteiger partial charge in [-0.1, -0.05) is 0 Å². The first-order valence-electron chi connectivity index (χ1n) is 9.22. The van der Waals surface area contributed by atoms with Crippen LogP contribution in [-0.2, 0) is 14.3 Å². The van der Waals surface area contributed by atoms with Crippen molar-refractivity contribution in [3.05, 3.63) is 0 Å². The molecule has 0 aromatic carbocycles. The van der Waals surface area contributed by atoms with Crippen LogP contribution in [0, 0.1) is 5.92 Å². The summed E-state index contributed by atoms with van der Waals surface area (Å²) in [6.07, 6.45) is 7.91. The minimum Gasteiger partial charge on any atom is -0.384 e. The monoisotopic (exact) mass is 324 g/mol. The molecule has 1 spiro atoms. The Labute approximate surface area is 140 Å². The minimum atomic E-state index is 0.242. The molecule has 3 fully saturated rings. The first kappa shape index (κ1) is 17.2. The second-order valence-electron chi connectivity index (χ2n) is 7.63. The highest BCUT2D eigenvalue weighted by Crippen LogP contribution is 2.40. The lowest BCUT2D eigenvalue weighted by Crippen LogP contribution is -2.54. The third-order valence-electron chi connectivity index (χ3n) is 6.17. The van der Waals surface area contributed by atoms with Crippen molar-refractivity contribution in [3.8, 4) is 0 Å². The number of carbonyl (C=O) groups excluding carboxylic acids is 1. The fraction of sp³-hybridized carbons (Fsp3) is 0.944. The fourth-order valence-electron chi connectivity index (χ4n) is 4.17. The summed E-state index contributed by atoms with van der Waals surface area (Å²) in [4.78, 5) is 16.7. The number of amides is 1. The van der Waals surface area contributed by atoms with Crippen molar-refractivity contribution < 1.29 is 14.3 Å². The molecular formula is C18H32N2O3. The maximum Gasteiger partial charge on any atom is 0.224 e. The van der Waals surface area contributed by atoms with Crippen LogP contribution in [0.4, 0.5) is 0 Å². The van der Waals surface area contributed by atoms with Crippen LogP contribution in [0.1, 0.15) is 44.9 Å². The first-order chi connectivity index (χ1) is 11.1. The third kappa shape index (κ3) is 4.06. The van der Waals surface area contributed by atoms with E-state index in [0.29, 0.717) is 24.6 Å². The molecule has 2 heterocycles. The lowest BCUT2D eigenvalue weighted by molar-refractivity contribution is -0.134. The maximum absolute atomic E-state index is 12.1. The average Bonchev–Trinajstić information content (AvgIpc) is 3.35. The van der Waals surface area contributed by atoms with Gasteiger partial charge in [0.15, 0.2) is 0 Å². The van der Waals surface area contributed by atoms with Crippen LogP contribution in [0.5, 0.6) is 0 Å². The van der Waals surface area contributed by atoms with Crippen molar-refractivity contribution in [2.24, 2.45) is 5.92 Å². The second-order valence-corrected chi connectivity index (χ2v) is 7.63. The molecule has 2 aliphatic heterocycles. The molecule has 0 aromatic rings. The van der Waals surface area contributed by atoms with Gasteiger partial charge in [0.25, 0.3) is 0 Å².